The van der Waals surface area contributed by atoms with Crippen molar-refractivity contribution in [3.63, 3.8) is 0 Å². The van der Waals surface area contributed by atoms with E-state index in [9.17, 15) is 4.79 Å². The Morgan fingerprint density at radius 1 is 1.14 bits per heavy atom. The third-order valence-corrected chi connectivity index (χ3v) is 4.29. The smallest absolute Gasteiger partial charge is 0.243 e. The highest BCUT2D eigenvalue weighted by atomic mass is 79.9. The second-order valence-corrected chi connectivity index (χ2v) is 6.02. The Balaban J connectivity index is 2.06. The number of carbonyl (C=O) groups is 1. The molecular weight excluding hydrogens is 344 g/mol. The van der Waals surface area contributed by atoms with Crippen molar-refractivity contribution in [3.05, 3.63) is 70.2 Å². The van der Waals surface area contributed by atoms with Crippen LogP contribution in [-0.4, -0.2) is 16.8 Å². The fourth-order valence-electron chi connectivity index (χ4n) is 2.48. The van der Waals surface area contributed by atoms with E-state index in [1.54, 1.807) is 0 Å². The zero-order valence-electron chi connectivity index (χ0n) is 12.3. The molecule has 112 valence electrons. The summed E-state index contributed by atoms with van der Waals surface area (Å²) < 4.78 is 6.97. The number of hydrogen-bond donors (Lipinski definition) is 0. The lowest BCUT2D eigenvalue weighted by atomic mass is 10.0. The highest BCUT2D eigenvalue weighted by molar-refractivity contribution is 9.10. The fraction of sp³-hybridized carbons (Fsp3) is 0.176. The Bertz CT molecular complexity index is 745. The monoisotopic (exact) mass is 358 g/mol. The molecule has 1 aliphatic heterocycles. The van der Waals surface area contributed by atoms with Crippen LogP contribution in [0.25, 0.3) is 0 Å². The molecule has 0 saturated heterocycles. The van der Waals surface area contributed by atoms with E-state index in [0.29, 0.717) is 5.90 Å². The van der Waals surface area contributed by atoms with Gasteiger partial charge in [0, 0.05) is 23.9 Å². The van der Waals surface area contributed by atoms with E-state index in [-0.39, 0.29) is 5.91 Å². The average molecular weight is 359 g/mol. The highest BCUT2D eigenvalue weighted by Gasteiger charge is 2.45. The highest BCUT2D eigenvalue weighted by Crippen LogP contribution is 2.37. The van der Waals surface area contributed by atoms with Gasteiger partial charge in [-0.25, -0.2) is 0 Å². The van der Waals surface area contributed by atoms with Gasteiger partial charge in [0.15, 0.2) is 0 Å². The molecule has 5 heteroatoms. The molecule has 0 bridgehead atoms. The maximum absolute atomic E-state index is 12.0. The van der Waals surface area contributed by atoms with Crippen molar-refractivity contribution < 1.29 is 9.53 Å². The van der Waals surface area contributed by atoms with Crippen molar-refractivity contribution in [2.75, 3.05) is 0 Å². The summed E-state index contributed by atoms with van der Waals surface area (Å²) in [5.41, 5.74) is 0.738. The lowest BCUT2D eigenvalue weighted by molar-refractivity contribution is -0.146. The molecule has 2 aromatic rings. The van der Waals surface area contributed by atoms with Crippen LogP contribution in [-0.2, 0) is 15.3 Å². The Morgan fingerprint density at radius 3 is 2.41 bits per heavy atom. The number of rotatable bonds is 2. The van der Waals surface area contributed by atoms with Crippen LogP contribution in [0.1, 0.15) is 25.0 Å². The summed E-state index contributed by atoms with van der Waals surface area (Å²) in [5.74, 6) is 0.252. The predicted octanol–water partition coefficient (Wildman–Crippen LogP) is 3.86. The number of hydrazone groups is 1. The quantitative estimate of drug-likeness (QED) is 0.817. The van der Waals surface area contributed by atoms with Crippen molar-refractivity contribution in [1.82, 2.24) is 5.01 Å². The first kappa shape index (κ1) is 14.8. The zero-order valence-corrected chi connectivity index (χ0v) is 13.9. The molecule has 0 spiro atoms. The SMILES string of the molecule is CC(=O)N1N=C(c2ccccc2Br)OC1(C)c1ccccc1. The van der Waals surface area contributed by atoms with Crippen LogP contribution >= 0.6 is 15.9 Å². The minimum atomic E-state index is -0.947. The zero-order chi connectivity index (χ0) is 15.7. The number of nitrogens with zero attached hydrogens (tertiary/aromatic N) is 2. The van der Waals surface area contributed by atoms with Gasteiger partial charge in [0.25, 0.3) is 0 Å². The van der Waals surface area contributed by atoms with Crippen molar-refractivity contribution in [2.24, 2.45) is 5.10 Å². The second-order valence-electron chi connectivity index (χ2n) is 5.17. The minimum Gasteiger partial charge on any atom is -0.443 e. The molecule has 4 nitrogen and oxygen atoms in total. The van der Waals surface area contributed by atoms with Crippen molar-refractivity contribution >= 4 is 27.7 Å². The van der Waals surface area contributed by atoms with Crippen molar-refractivity contribution in [1.29, 1.82) is 0 Å². The molecule has 0 aromatic heterocycles. The summed E-state index contributed by atoms with van der Waals surface area (Å²) in [6.07, 6.45) is 0. The van der Waals surface area contributed by atoms with Gasteiger partial charge in [-0.3, -0.25) is 4.79 Å². The van der Waals surface area contributed by atoms with Gasteiger partial charge >= 0.3 is 0 Å². The van der Waals surface area contributed by atoms with Gasteiger partial charge in [-0.15, -0.1) is 5.10 Å². The van der Waals surface area contributed by atoms with Crippen molar-refractivity contribution in [2.45, 2.75) is 19.6 Å². The molecular formula is C17H15BrN2O2. The summed E-state index contributed by atoms with van der Waals surface area (Å²) in [7, 11) is 0. The molecule has 1 atom stereocenters. The van der Waals surface area contributed by atoms with E-state index in [4.69, 9.17) is 4.74 Å². The maximum atomic E-state index is 12.0. The maximum Gasteiger partial charge on any atom is 0.243 e. The largest absolute Gasteiger partial charge is 0.443 e. The number of hydrogen-bond acceptors (Lipinski definition) is 3. The van der Waals surface area contributed by atoms with Crippen LogP contribution in [0.2, 0.25) is 0 Å². The molecule has 0 radical (unpaired) electrons. The molecule has 1 aliphatic rings. The molecule has 3 rings (SSSR count). The first-order valence-corrected chi connectivity index (χ1v) is 7.70. The Labute approximate surface area is 137 Å². The fourth-order valence-corrected chi connectivity index (χ4v) is 2.94. The van der Waals surface area contributed by atoms with Crippen molar-refractivity contribution in [3.8, 4) is 0 Å². The summed E-state index contributed by atoms with van der Waals surface area (Å²) in [6.45, 7) is 3.33. The van der Waals surface area contributed by atoms with Crippen LogP contribution in [0.3, 0.4) is 0 Å². The third kappa shape index (κ3) is 2.41. The lowest BCUT2D eigenvalue weighted by Gasteiger charge is -2.31. The van der Waals surface area contributed by atoms with Gasteiger partial charge in [-0.05, 0) is 28.1 Å². The normalized spacial score (nSPS) is 20.5. The summed E-state index contributed by atoms with van der Waals surface area (Å²) in [4.78, 5) is 12.0. The molecule has 0 fully saturated rings. The molecule has 0 N–H and O–H groups in total. The van der Waals surface area contributed by atoms with Gasteiger partial charge in [-0.1, -0.05) is 42.5 Å². The van der Waals surface area contributed by atoms with E-state index < -0.39 is 5.72 Å². The van der Waals surface area contributed by atoms with Crippen LogP contribution in [0.5, 0.6) is 0 Å². The van der Waals surface area contributed by atoms with E-state index in [1.165, 1.54) is 11.9 Å². The average Bonchev–Trinajstić information content (AvgIpc) is 2.88. The predicted molar refractivity (Wildman–Crippen MR) is 88.1 cm³/mol. The molecule has 0 saturated carbocycles. The first-order chi connectivity index (χ1) is 10.5. The van der Waals surface area contributed by atoms with Gasteiger partial charge in [0.05, 0.1) is 5.56 Å². The van der Waals surface area contributed by atoms with Crippen LogP contribution in [0.15, 0.2) is 64.2 Å². The summed E-state index contributed by atoms with van der Waals surface area (Å²) in [5, 5.41) is 5.78. The number of ether oxygens (including phenoxy) is 1. The Kier molecular flexibility index (Phi) is 3.74. The third-order valence-electron chi connectivity index (χ3n) is 3.60. The number of benzene rings is 2. The Morgan fingerprint density at radius 2 is 1.77 bits per heavy atom. The molecule has 22 heavy (non-hydrogen) atoms. The van der Waals surface area contributed by atoms with E-state index >= 15 is 0 Å². The number of carbonyl (C=O) groups excluding carboxylic acids is 1. The lowest BCUT2D eigenvalue weighted by Crippen LogP contribution is -2.41. The van der Waals surface area contributed by atoms with Gasteiger partial charge in [-0.2, -0.15) is 5.01 Å². The topological polar surface area (TPSA) is 41.9 Å². The molecule has 2 aromatic carbocycles. The first-order valence-electron chi connectivity index (χ1n) is 6.91. The molecule has 1 unspecified atom stereocenters. The van der Waals surface area contributed by atoms with E-state index in [1.807, 2.05) is 61.5 Å². The van der Waals surface area contributed by atoms with Gasteiger partial charge in [0.1, 0.15) is 0 Å². The number of amides is 1. The molecule has 1 heterocycles. The second kappa shape index (κ2) is 5.57. The van der Waals surface area contributed by atoms with Gasteiger partial charge < -0.3 is 4.74 Å². The van der Waals surface area contributed by atoms with Crippen LogP contribution in [0, 0.1) is 0 Å². The standard InChI is InChI=1S/C17H15BrN2O2/c1-12(21)20-17(2,13-8-4-3-5-9-13)22-16(19-20)14-10-6-7-11-15(14)18/h3-11H,1-2H3. The Hall–Kier alpha value is -2.14. The summed E-state index contributed by atoms with van der Waals surface area (Å²) in [6, 6.07) is 17.2. The molecule has 0 aliphatic carbocycles. The minimum absolute atomic E-state index is 0.173. The van der Waals surface area contributed by atoms with Crippen LogP contribution in [0.4, 0.5) is 0 Å². The van der Waals surface area contributed by atoms with Gasteiger partial charge in [0.2, 0.25) is 17.5 Å². The molecule has 1 amide bonds. The van der Waals surface area contributed by atoms with E-state index in [0.717, 1.165) is 15.6 Å². The van der Waals surface area contributed by atoms with Crippen LogP contribution < -0.4 is 0 Å². The summed E-state index contributed by atoms with van der Waals surface area (Å²) >= 11 is 3.49. The number of halogens is 1. The van der Waals surface area contributed by atoms with E-state index in [2.05, 4.69) is 21.0 Å².